The van der Waals surface area contributed by atoms with Gasteiger partial charge in [-0.3, -0.25) is 10.1 Å². The minimum Gasteiger partial charge on any atom is -0.474 e. The first-order chi connectivity index (χ1) is 7.69. The quantitative estimate of drug-likeness (QED) is 0.609. The van der Waals surface area contributed by atoms with Gasteiger partial charge in [-0.2, -0.15) is 0 Å². The molecule has 2 N–H and O–H groups in total. The number of ether oxygens (including phenoxy) is 1. The zero-order valence-corrected chi connectivity index (χ0v) is 8.70. The highest BCUT2D eigenvalue weighted by Crippen LogP contribution is 2.30. The summed E-state index contributed by atoms with van der Waals surface area (Å²) in [5.74, 6) is 0.981. The van der Waals surface area contributed by atoms with Gasteiger partial charge in [0.2, 0.25) is 5.88 Å². The van der Waals surface area contributed by atoms with Crippen LogP contribution < -0.4 is 10.5 Å². The van der Waals surface area contributed by atoms with Gasteiger partial charge in [0, 0.05) is 12.1 Å². The highest BCUT2D eigenvalue weighted by atomic mass is 16.6. The maximum Gasteiger partial charge on any atom is 0.287 e. The molecular weight excluding hydrogens is 210 g/mol. The van der Waals surface area contributed by atoms with Crippen molar-refractivity contribution in [2.75, 3.05) is 6.54 Å². The summed E-state index contributed by atoms with van der Waals surface area (Å²) in [5.41, 5.74) is 5.47. The molecule has 1 aromatic heterocycles. The maximum absolute atomic E-state index is 10.4. The van der Waals surface area contributed by atoms with E-state index in [1.165, 1.54) is 18.3 Å². The van der Waals surface area contributed by atoms with Gasteiger partial charge in [-0.25, -0.2) is 4.98 Å². The third kappa shape index (κ3) is 2.27. The van der Waals surface area contributed by atoms with Crippen molar-refractivity contribution in [2.24, 2.45) is 11.7 Å². The topological polar surface area (TPSA) is 91.3 Å². The Kier molecular flexibility index (Phi) is 3.00. The Morgan fingerprint density at radius 3 is 2.81 bits per heavy atom. The lowest BCUT2D eigenvalue weighted by atomic mass is 9.82. The van der Waals surface area contributed by atoms with E-state index in [-0.39, 0.29) is 11.8 Å². The lowest BCUT2D eigenvalue weighted by Gasteiger charge is -2.33. The van der Waals surface area contributed by atoms with Crippen molar-refractivity contribution >= 4 is 5.69 Å². The first kappa shape index (κ1) is 10.8. The largest absolute Gasteiger partial charge is 0.474 e. The molecule has 1 fully saturated rings. The van der Waals surface area contributed by atoms with Crippen LogP contribution in [0.2, 0.25) is 0 Å². The van der Waals surface area contributed by atoms with Gasteiger partial charge in [-0.15, -0.1) is 0 Å². The van der Waals surface area contributed by atoms with Gasteiger partial charge in [0.25, 0.3) is 5.69 Å². The zero-order valence-electron chi connectivity index (χ0n) is 8.70. The molecule has 0 aromatic carbocycles. The van der Waals surface area contributed by atoms with E-state index < -0.39 is 4.92 Å². The molecule has 0 unspecified atom stereocenters. The molecule has 1 heterocycles. The fraction of sp³-hybridized carbons (Fsp3) is 0.500. The molecule has 0 radical (unpaired) electrons. The molecular formula is C10H13N3O3. The van der Waals surface area contributed by atoms with Gasteiger partial charge in [-0.05, 0) is 25.3 Å². The van der Waals surface area contributed by atoms with Crippen LogP contribution in [0.15, 0.2) is 18.3 Å². The van der Waals surface area contributed by atoms with E-state index in [0.717, 1.165) is 12.8 Å². The molecule has 0 amide bonds. The maximum atomic E-state index is 10.4. The third-order valence-electron chi connectivity index (χ3n) is 2.74. The Balaban J connectivity index is 1.89. The van der Waals surface area contributed by atoms with Gasteiger partial charge in [0.05, 0.1) is 4.92 Å². The molecule has 0 atom stereocenters. The van der Waals surface area contributed by atoms with Gasteiger partial charge >= 0.3 is 0 Å². The van der Waals surface area contributed by atoms with E-state index in [9.17, 15) is 10.1 Å². The van der Waals surface area contributed by atoms with Crippen LogP contribution in [0, 0.1) is 16.0 Å². The number of nitrogens with zero attached hydrogens (tertiary/aromatic N) is 2. The van der Waals surface area contributed by atoms with Crippen LogP contribution in [0.1, 0.15) is 12.8 Å². The SMILES string of the molecule is NCC1CC(Oc2ccc([N+](=O)[O-])cn2)C1. The minimum absolute atomic E-state index is 0.0270. The second-order valence-corrected chi connectivity index (χ2v) is 3.92. The van der Waals surface area contributed by atoms with Gasteiger partial charge in [-0.1, -0.05) is 0 Å². The van der Waals surface area contributed by atoms with E-state index in [4.69, 9.17) is 10.5 Å². The molecule has 1 saturated carbocycles. The van der Waals surface area contributed by atoms with Crippen LogP contribution in [0.25, 0.3) is 0 Å². The number of nitro groups is 1. The van der Waals surface area contributed by atoms with Crippen molar-refractivity contribution < 1.29 is 9.66 Å². The van der Waals surface area contributed by atoms with E-state index in [2.05, 4.69) is 4.98 Å². The lowest BCUT2D eigenvalue weighted by Crippen LogP contribution is -2.37. The predicted octanol–water partition coefficient (Wildman–Crippen LogP) is 1.11. The lowest BCUT2D eigenvalue weighted by molar-refractivity contribution is -0.385. The molecule has 2 rings (SSSR count). The average molecular weight is 223 g/mol. The summed E-state index contributed by atoms with van der Waals surface area (Å²) in [5, 5.41) is 10.4. The smallest absolute Gasteiger partial charge is 0.287 e. The predicted molar refractivity (Wildman–Crippen MR) is 57.1 cm³/mol. The normalized spacial score (nSPS) is 23.6. The monoisotopic (exact) mass is 223 g/mol. The summed E-state index contributed by atoms with van der Waals surface area (Å²) in [6, 6.07) is 2.91. The number of nitrogens with two attached hydrogens (primary N) is 1. The summed E-state index contributed by atoms with van der Waals surface area (Å²) in [4.78, 5) is 13.8. The fourth-order valence-electron chi connectivity index (χ4n) is 1.68. The Morgan fingerprint density at radius 2 is 2.31 bits per heavy atom. The third-order valence-corrected chi connectivity index (χ3v) is 2.74. The summed E-state index contributed by atoms with van der Waals surface area (Å²) in [7, 11) is 0. The highest BCUT2D eigenvalue weighted by molar-refractivity contribution is 5.29. The Hall–Kier alpha value is -1.69. The standard InChI is InChI=1S/C10H13N3O3/c11-5-7-3-9(4-7)16-10-2-1-8(6-12-10)13(14)15/h1-2,6-7,9H,3-5,11H2. The highest BCUT2D eigenvalue weighted by Gasteiger charge is 2.29. The molecule has 1 aliphatic rings. The van der Waals surface area contributed by atoms with Crippen LogP contribution in [0.3, 0.4) is 0 Å². The molecule has 6 nitrogen and oxygen atoms in total. The van der Waals surface area contributed by atoms with Crippen molar-refractivity contribution in [3.8, 4) is 5.88 Å². The van der Waals surface area contributed by atoms with Gasteiger partial charge in [0.1, 0.15) is 12.3 Å². The number of rotatable bonds is 4. The summed E-state index contributed by atoms with van der Waals surface area (Å²) < 4.78 is 5.53. The molecule has 1 aliphatic carbocycles. The van der Waals surface area contributed by atoms with Crippen molar-refractivity contribution in [1.29, 1.82) is 0 Å². The molecule has 1 aromatic rings. The molecule has 86 valence electrons. The summed E-state index contributed by atoms with van der Waals surface area (Å²) >= 11 is 0. The van der Waals surface area contributed by atoms with Crippen molar-refractivity contribution in [3.63, 3.8) is 0 Å². The minimum atomic E-state index is -0.482. The Bertz CT molecular complexity index is 373. The fourth-order valence-corrected chi connectivity index (χ4v) is 1.68. The first-order valence-electron chi connectivity index (χ1n) is 5.16. The zero-order chi connectivity index (χ0) is 11.5. The van der Waals surface area contributed by atoms with Crippen LogP contribution in [-0.2, 0) is 0 Å². The first-order valence-corrected chi connectivity index (χ1v) is 5.16. The van der Waals surface area contributed by atoms with Crippen LogP contribution in [0.5, 0.6) is 5.88 Å². The molecule has 0 saturated heterocycles. The number of aromatic nitrogens is 1. The second-order valence-electron chi connectivity index (χ2n) is 3.92. The van der Waals surface area contributed by atoms with Gasteiger partial charge < -0.3 is 10.5 Å². The molecule has 16 heavy (non-hydrogen) atoms. The van der Waals surface area contributed by atoms with Crippen LogP contribution >= 0.6 is 0 Å². The van der Waals surface area contributed by atoms with Gasteiger partial charge in [0.15, 0.2) is 0 Å². The summed E-state index contributed by atoms with van der Waals surface area (Å²) in [6.07, 6.45) is 3.24. The van der Waals surface area contributed by atoms with E-state index >= 15 is 0 Å². The second kappa shape index (κ2) is 4.44. The van der Waals surface area contributed by atoms with Crippen LogP contribution in [-0.4, -0.2) is 22.6 Å². The summed E-state index contributed by atoms with van der Waals surface area (Å²) in [6.45, 7) is 0.688. The molecule has 0 aliphatic heterocycles. The van der Waals surface area contributed by atoms with Crippen molar-refractivity contribution in [2.45, 2.75) is 18.9 Å². The van der Waals surface area contributed by atoms with Crippen molar-refractivity contribution in [1.82, 2.24) is 4.98 Å². The number of pyridine rings is 1. The van der Waals surface area contributed by atoms with E-state index in [1.54, 1.807) is 0 Å². The molecule has 6 heteroatoms. The van der Waals surface area contributed by atoms with E-state index in [1.807, 2.05) is 0 Å². The molecule has 0 spiro atoms. The van der Waals surface area contributed by atoms with E-state index in [0.29, 0.717) is 18.3 Å². The Morgan fingerprint density at radius 1 is 1.56 bits per heavy atom. The average Bonchev–Trinajstić information content (AvgIpc) is 2.23. The molecule has 0 bridgehead atoms. The number of hydrogen-bond acceptors (Lipinski definition) is 5. The number of hydrogen-bond donors (Lipinski definition) is 1. The Labute approximate surface area is 92.6 Å². The van der Waals surface area contributed by atoms with Crippen molar-refractivity contribution in [3.05, 3.63) is 28.4 Å². The van der Waals surface area contributed by atoms with Crippen LogP contribution in [0.4, 0.5) is 5.69 Å².